The lowest BCUT2D eigenvalue weighted by atomic mass is 9.80. The van der Waals surface area contributed by atoms with E-state index in [1.54, 1.807) is 0 Å². The molecule has 0 spiro atoms. The molecule has 3 saturated heterocycles. The van der Waals surface area contributed by atoms with E-state index >= 15 is 0 Å². The van der Waals surface area contributed by atoms with Crippen molar-refractivity contribution >= 4 is 5.91 Å². The number of piperidine rings is 1. The summed E-state index contributed by atoms with van der Waals surface area (Å²) in [6.45, 7) is 7.02. The Balaban J connectivity index is 1.60. The van der Waals surface area contributed by atoms with Gasteiger partial charge in [0.25, 0.3) is 0 Å². The van der Waals surface area contributed by atoms with Gasteiger partial charge in [0.15, 0.2) is 0 Å². The summed E-state index contributed by atoms with van der Waals surface area (Å²) in [4.78, 5) is 14.2. The first kappa shape index (κ1) is 10.6. The zero-order chi connectivity index (χ0) is 11.1. The smallest absolute Gasteiger partial charge is 0.223 e. The fourth-order valence-electron chi connectivity index (χ4n) is 4.04. The number of amides is 1. The SMILES string of the molecule is CCC1C(=O)NCC1CC1CN2CCC1C2. The maximum absolute atomic E-state index is 11.6. The van der Waals surface area contributed by atoms with Crippen molar-refractivity contribution in [2.24, 2.45) is 23.7 Å². The molecule has 5 atom stereocenters. The summed E-state index contributed by atoms with van der Waals surface area (Å²) in [6, 6.07) is 0. The first-order valence-corrected chi connectivity index (χ1v) is 6.78. The molecular formula is C13H22N2O. The highest BCUT2D eigenvalue weighted by atomic mass is 16.2. The highest BCUT2D eigenvalue weighted by molar-refractivity contribution is 5.81. The van der Waals surface area contributed by atoms with Crippen LogP contribution in [0.25, 0.3) is 0 Å². The molecule has 0 aromatic carbocycles. The Hall–Kier alpha value is -0.570. The van der Waals surface area contributed by atoms with E-state index in [2.05, 4.69) is 17.1 Å². The van der Waals surface area contributed by atoms with E-state index in [1.165, 1.54) is 32.5 Å². The third kappa shape index (κ3) is 1.65. The molecule has 16 heavy (non-hydrogen) atoms. The van der Waals surface area contributed by atoms with E-state index in [4.69, 9.17) is 0 Å². The quantitative estimate of drug-likeness (QED) is 0.775. The topological polar surface area (TPSA) is 32.3 Å². The second-order valence-electron chi connectivity index (χ2n) is 5.82. The van der Waals surface area contributed by atoms with Crippen LogP contribution in [0.4, 0.5) is 0 Å². The van der Waals surface area contributed by atoms with E-state index < -0.39 is 0 Å². The van der Waals surface area contributed by atoms with Gasteiger partial charge in [-0.2, -0.15) is 0 Å². The van der Waals surface area contributed by atoms with Crippen molar-refractivity contribution in [3.63, 3.8) is 0 Å². The third-order valence-electron chi connectivity index (χ3n) is 4.96. The summed E-state index contributed by atoms with van der Waals surface area (Å²) in [5, 5.41) is 3.04. The number of carbonyl (C=O) groups is 1. The van der Waals surface area contributed by atoms with Crippen molar-refractivity contribution in [2.45, 2.75) is 26.2 Å². The van der Waals surface area contributed by atoms with Gasteiger partial charge in [-0.05, 0) is 43.6 Å². The lowest BCUT2D eigenvalue weighted by molar-refractivity contribution is -0.123. The Morgan fingerprint density at radius 1 is 1.38 bits per heavy atom. The van der Waals surface area contributed by atoms with Crippen LogP contribution in [-0.4, -0.2) is 37.0 Å². The lowest BCUT2D eigenvalue weighted by Gasteiger charge is -2.26. The van der Waals surface area contributed by atoms with Crippen LogP contribution in [-0.2, 0) is 4.79 Å². The largest absolute Gasteiger partial charge is 0.356 e. The molecule has 2 bridgehead atoms. The van der Waals surface area contributed by atoms with E-state index in [9.17, 15) is 4.79 Å². The molecule has 1 N–H and O–H groups in total. The highest BCUT2D eigenvalue weighted by Gasteiger charge is 2.42. The molecule has 0 aromatic rings. The van der Waals surface area contributed by atoms with Crippen molar-refractivity contribution in [2.75, 3.05) is 26.2 Å². The van der Waals surface area contributed by atoms with Gasteiger partial charge in [0.2, 0.25) is 5.91 Å². The summed E-state index contributed by atoms with van der Waals surface area (Å²) in [7, 11) is 0. The van der Waals surface area contributed by atoms with E-state index in [0.29, 0.717) is 17.7 Å². The number of nitrogens with one attached hydrogen (secondary N) is 1. The monoisotopic (exact) mass is 222 g/mol. The van der Waals surface area contributed by atoms with Crippen LogP contribution in [0.5, 0.6) is 0 Å². The Morgan fingerprint density at radius 3 is 2.88 bits per heavy atom. The molecule has 3 nitrogen and oxygen atoms in total. The van der Waals surface area contributed by atoms with E-state index in [1.807, 2.05) is 0 Å². The maximum atomic E-state index is 11.6. The minimum Gasteiger partial charge on any atom is -0.356 e. The first-order valence-electron chi connectivity index (χ1n) is 6.78. The zero-order valence-electron chi connectivity index (χ0n) is 10.1. The van der Waals surface area contributed by atoms with Crippen molar-refractivity contribution in [3.8, 4) is 0 Å². The van der Waals surface area contributed by atoms with Crippen molar-refractivity contribution in [1.29, 1.82) is 0 Å². The van der Waals surface area contributed by atoms with E-state index in [0.717, 1.165) is 24.8 Å². The molecule has 3 fully saturated rings. The summed E-state index contributed by atoms with van der Waals surface area (Å²) >= 11 is 0. The summed E-state index contributed by atoms with van der Waals surface area (Å²) < 4.78 is 0. The molecule has 3 heterocycles. The molecular weight excluding hydrogens is 200 g/mol. The molecule has 3 aliphatic rings. The zero-order valence-corrected chi connectivity index (χ0v) is 10.1. The van der Waals surface area contributed by atoms with Crippen LogP contribution < -0.4 is 5.32 Å². The third-order valence-corrected chi connectivity index (χ3v) is 4.96. The maximum Gasteiger partial charge on any atom is 0.223 e. The van der Waals surface area contributed by atoms with Gasteiger partial charge in [-0.1, -0.05) is 6.92 Å². The van der Waals surface area contributed by atoms with Crippen LogP contribution in [0.1, 0.15) is 26.2 Å². The first-order chi connectivity index (χ1) is 7.78. The van der Waals surface area contributed by atoms with Gasteiger partial charge in [0, 0.05) is 25.6 Å². The second-order valence-corrected chi connectivity index (χ2v) is 5.82. The second kappa shape index (κ2) is 4.02. The highest BCUT2D eigenvalue weighted by Crippen LogP contribution is 2.39. The van der Waals surface area contributed by atoms with Gasteiger partial charge in [-0.25, -0.2) is 0 Å². The van der Waals surface area contributed by atoms with E-state index in [-0.39, 0.29) is 0 Å². The van der Waals surface area contributed by atoms with Crippen LogP contribution in [0.3, 0.4) is 0 Å². The van der Waals surface area contributed by atoms with Gasteiger partial charge >= 0.3 is 0 Å². The molecule has 1 amide bonds. The Labute approximate surface area is 97.6 Å². The number of hydrogen-bond donors (Lipinski definition) is 1. The molecule has 0 aromatic heterocycles. The summed E-state index contributed by atoms with van der Waals surface area (Å²) in [5.74, 6) is 3.03. The number of nitrogens with zero attached hydrogens (tertiary/aromatic N) is 1. The predicted octanol–water partition coefficient (Wildman–Crippen LogP) is 1.10. The summed E-state index contributed by atoms with van der Waals surface area (Å²) in [6.07, 6.45) is 3.69. The number of fused-ring (bicyclic) bond motifs is 2. The minimum atomic E-state index is 0.300. The summed E-state index contributed by atoms with van der Waals surface area (Å²) in [5.41, 5.74) is 0. The number of carbonyl (C=O) groups excluding carboxylic acids is 1. The molecule has 0 saturated carbocycles. The van der Waals surface area contributed by atoms with Crippen molar-refractivity contribution < 1.29 is 4.79 Å². The average molecular weight is 222 g/mol. The van der Waals surface area contributed by atoms with Crippen molar-refractivity contribution in [1.82, 2.24) is 10.2 Å². The number of rotatable bonds is 3. The standard InChI is InChI=1S/C13H22N2O/c1-2-12-10(6-14-13(12)16)5-11-8-15-4-3-9(11)7-15/h9-12H,2-8H2,1H3,(H,14,16). The fraction of sp³-hybridized carbons (Fsp3) is 0.923. The van der Waals surface area contributed by atoms with Gasteiger partial charge in [-0.3, -0.25) is 4.79 Å². The Bertz CT molecular complexity index is 292. The molecule has 3 aliphatic heterocycles. The van der Waals surface area contributed by atoms with Crippen molar-refractivity contribution in [3.05, 3.63) is 0 Å². The number of hydrogen-bond acceptors (Lipinski definition) is 2. The van der Waals surface area contributed by atoms with Gasteiger partial charge in [0.1, 0.15) is 0 Å². The molecule has 90 valence electrons. The minimum absolute atomic E-state index is 0.300. The van der Waals surface area contributed by atoms with Gasteiger partial charge in [0.05, 0.1) is 0 Å². The fourth-order valence-corrected chi connectivity index (χ4v) is 4.04. The van der Waals surface area contributed by atoms with Gasteiger partial charge in [-0.15, -0.1) is 0 Å². The average Bonchev–Trinajstić information content (AvgIpc) is 2.94. The Kier molecular flexibility index (Phi) is 2.66. The Morgan fingerprint density at radius 2 is 2.25 bits per heavy atom. The molecule has 3 heteroatoms. The molecule has 3 rings (SSSR count). The van der Waals surface area contributed by atoms with Crippen LogP contribution in [0.2, 0.25) is 0 Å². The van der Waals surface area contributed by atoms with Crippen LogP contribution in [0.15, 0.2) is 0 Å². The normalized spacial score (nSPS) is 46.3. The van der Waals surface area contributed by atoms with Gasteiger partial charge < -0.3 is 10.2 Å². The molecule has 0 aliphatic carbocycles. The predicted molar refractivity (Wildman–Crippen MR) is 62.9 cm³/mol. The molecule has 0 radical (unpaired) electrons. The van der Waals surface area contributed by atoms with Crippen LogP contribution >= 0.6 is 0 Å². The molecule has 5 unspecified atom stereocenters. The lowest BCUT2D eigenvalue weighted by Crippen LogP contribution is -2.27. The van der Waals surface area contributed by atoms with Crippen LogP contribution in [0, 0.1) is 23.7 Å².